The molecule has 70 valence electrons. The van der Waals surface area contributed by atoms with Crippen LogP contribution < -0.4 is 11.1 Å². The first-order valence-electron chi connectivity index (χ1n) is 4.79. The third-order valence-electron chi connectivity index (χ3n) is 2.57. The Morgan fingerprint density at radius 1 is 1.67 bits per heavy atom. The van der Waals surface area contributed by atoms with Gasteiger partial charge in [-0.2, -0.15) is 0 Å². The van der Waals surface area contributed by atoms with E-state index in [2.05, 4.69) is 5.32 Å². The molecular formula is C9H18N2O. The molecule has 0 aromatic heterocycles. The number of nitrogens with one attached hydrogen (secondary N) is 1. The second-order valence-electron chi connectivity index (χ2n) is 3.47. The molecule has 0 aromatic carbocycles. The van der Waals surface area contributed by atoms with Crippen molar-refractivity contribution in [1.82, 2.24) is 5.32 Å². The minimum atomic E-state index is 0.0445. The van der Waals surface area contributed by atoms with Crippen LogP contribution in [-0.4, -0.2) is 18.5 Å². The molecule has 1 saturated heterocycles. The average Bonchev–Trinajstić information content (AvgIpc) is 2.28. The Hall–Kier alpha value is -0.570. The highest BCUT2D eigenvalue weighted by Gasteiger charge is 2.25. The molecule has 1 amide bonds. The van der Waals surface area contributed by atoms with Gasteiger partial charge in [0.2, 0.25) is 5.91 Å². The molecule has 12 heavy (non-hydrogen) atoms. The summed E-state index contributed by atoms with van der Waals surface area (Å²) < 4.78 is 0. The van der Waals surface area contributed by atoms with Crippen LogP contribution >= 0.6 is 0 Å². The van der Waals surface area contributed by atoms with E-state index in [0.29, 0.717) is 0 Å². The third kappa shape index (κ3) is 2.21. The van der Waals surface area contributed by atoms with Crippen molar-refractivity contribution >= 4 is 5.91 Å². The Morgan fingerprint density at radius 3 is 3.08 bits per heavy atom. The zero-order valence-electron chi connectivity index (χ0n) is 7.68. The molecule has 3 heteroatoms. The molecule has 1 aliphatic heterocycles. The van der Waals surface area contributed by atoms with Gasteiger partial charge in [0.15, 0.2) is 0 Å². The van der Waals surface area contributed by atoms with Gasteiger partial charge in [0.1, 0.15) is 0 Å². The van der Waals surface area contributed by atoms with E-state index in [4.69, 9.17) is 5.73 Å². The molecule has 0 radical (unpaired) electrons. The number of amides is 1. The van der Waals surface area contributed by atoms with E-state index in [9.17, 15) is 4.79 Å². The highest BCUT2D eigenvalue weighted by atomic mass is 16.1. The van der Waals surface area contributed by atoms with E-state index in [-0.39, 0.29) is 17.9 Å². The van der Waals surface area contributed by atoms with E-state index >= 15 is 0 Å². The van der Waals surface area contributed by atoms with Gasteiger partial charge >= 0.3 is 0 Å². The molecule has 1 fully saturated rings. The van der Waals surface area contributed by atoms with Crippen molar-refractivity contribution in [3.05, 3.63) is 0 Å². The minimum Gasteiger partial charge on any atom is -0.356 e. The summed E-state index contributed by atoms with van der Waals surface area (Å²) >= 11 is 0. The molecule has 3 N–H and O–H groups in total. The Labute approximate surface area is 73.7 Å². The summed E-state index contributed by atoms with van der Waals surface area (Å²) in [5.74, 6) is 0.208. The lowest BCUT2D eigenvalue weighted by Gasteiger charge is -2.18. The first-order chi connectivity index (χ1) is 5.75. The molecule has 3 nitrogen and oxygen atoms in total. The van der Waals surface area contributed by atoms with Crippen LogP contribution in [0.1, 0.15) is 32.6 Å². The second-order valence-corrected chi connectivity index (χ2v) is 3.47. The van der Waals surface area contributed by atoms with Crippen molar-refractivity contribution in [2.75, 3.05) is 6.54 Å². The van der Waals surface area contributed by atoms with Crippen LogP contribution in [0.5, 0.6) is 0 Å². The first-order valence-corrected chi connectivity index (χ1v) is 4.79. The maximum absolute atomic E-state index is 11.4. The van der Waals surface area contributed by atoms with Crippen molar-refractivity contribution < 1.29 is 4.79 Å². The normalized spacial score (nSPS) is 27.5. The predicted molar refractivity (Wildman–Crippen MR) is 48.6 cm³/mol. The second kappa shape index (κ2) is 4.45. The minimum absolute atomic E-state index is 0.0445. The van der Waals surface area contributed by atoms with E-state index < -0.39 is 0 Å². The first kappa shape index (κ1) is 9.52. The van der Waals surface area contributed by atoms with Crippen molar-refractivity contribution in [2.45, 2.75) is 38.6 Å². The van der Waals surface area contributed by atoms with Gasteiger partial charge in [-0.05, 0) is 19.3 Å². The van der Waals surface area contributed by atoms with Crippen LogP contribution in [0.15, 0.2) is 0 Å². The van der Waals surface area contributed by atoms with E-state index in [1.54, 1.807) is 0 Å². The van der Waals surface area contributed by atoms with Gasteiger partial charge in [-0.3, -0.25) is 4.79 Å². The van der Waals surface area contributed by atoms with Gasteiger partial charge in [0.25, 0.3) is 0 Å². The standard InChI is InChI=1S/C9H18N2O/c1-2-8(10)7-5-3-4-6-11-9(7)12/h7-8H,2-6,10H2,1H3,(H,11,12)/t7-,8-/m1/s1. The fraction of sp³-hybridized carbons (Fsp3) is 0.889. The predicted octanol–water partition coefficient (Wildman–Crippen LogP) is 0.640. The van der Waals surface area contributed by atoms with Crippen molar-refractivity contribution in [1.29, 1.82) is 0 Å². The van der Waals surface area contributed by atoms with Crippen molar-refractivity contribution in [2.24, 2.45) is 11.7 Å². The zero-order valence-corrected chi connectivity index (χ0v) is 7.68. The molecule has 0 bridgehead atoms. The lowest BCUT2D eigenvalue weighted by molar-refractivity contribution is -0.125. The maximum Gasteiger partial charge on any atom is 0.224 e. The summed E-state index contributed by atoms with van der Waals surface area (Å²) in [4.78, 5) is 11.4. The van der Waals surface area contributed by atoms with Crippen LogP contribution in [0.25, 0.3) is 0 Å². The fourth-order valence-electron chi connectivity index (χ4n) is 1.66. The van der Waals surface area contributed by atoms with Crippen LogP contribution in [0.3, 0.4) is 0 Å². The molecule has 0 saturated carbocycles. The number of carbonyl (C=O) groups excluding carboxylic acids is 1. The topological polar surface area (TPSA) is 55.1 Å². The molecule has 1 rings (SSSR count). The van der Waals surface area contributed by atoms with Gasteiger partial charge in [0.05, 0.1) is 5.92 Å². The fourth-order valence-corrected chi connectivity index (χ4v) is 1.66. The van der Waals surface area contributed by atoms with E-state index in [0.717, 1.165) is 32.2 Å². The maximum atomic E-state index is 11.4. The molecule has 2 atom stereocenters. The molecule has 0 unspecified atom stereocenters. The molecule has 1 heterocycles. The average molecular weight is 170 g/mol. The van der Waals surface area contributed by atoms with Crippen LogP contribution in [0.4, 0.5) is 0 Å². The smallest absolute Gasteiger partial charge is 0.224 e. The summed E-state index contributed by atoms with van der Waals surface area (Å²) in [6.45, 7) is 2.86. The SMILES string of the molecule is CC[C@@H](N)[C@H]1CCCCNC1=O. The Balaban J connectivity index is 2.52. The number of hydrogen-bond acceptors (Lipinski definition) is 2. The van der Waals surface area contributed by atoms with Gasteiger partial charge in [0, 0.05) is 12.6 Å². The van der Waals surface area contributed by atoms with Crippen LogP contribution in [0.2, 0.25) is 0 Å². The largest absolute Gasteiger partial charge is 0.356 e. The highest BCUT2D eigenvalue weighted by Crippen LogP contribution is 2.16. The number of carbonyl (C=O) groups is 1. The zero-order chi connectivity index (χ0) is 8.97. The summed E-state index contributed by atoms with van der Waals surface area (Å²) in [7, 11) is 0. The highest BCUT2D eigenvalue weighted by molar-refractivity contribution is 5.79. The summed E-state index contributed by atoms with van der Waals surface area (Å²) in [5.41, 5.74) is 5.85. The van der Waals surface area contributed by atoms with E-state index in [1.807, 2.05) is 6.92 Å². The molecule has 0 aromatic rings. The van der Waals surface area contributed by atoms with Gasteiger partial charge < -0.3 is 11.1 Å². The number of nitrogens with two attached hydrogens (primary N) is 1. The van der Waals surface area contributed by atoms with Crippen LogP contribution in [0, 0.1) is 5.92 Å². The number of hydrogen-bond donors (Lipinski definition) is 2. The lowest BCUT2D eigenvalue weighted by atomic mass is 9.93. The quantitative estimate of drug-likeness (QED) is 0.639. The molecule has 0 spiro atoms. The van der Waals surface area contributed by atoms with Gasteiger partial charge in [-0.15, -0.1) is 0 Å². The monoisotopic (exact) mass is 170 g/mol. The molecular weight excluding hydrogens is 152 g/mol. The Kier molecular flexibility index (Phi) is 3.53. The Bertz CT molecular complexity index is 159. The van der Waals surface area contributed by atoms with Gasteiger partial charge in [-0.25, -0.2) is 0 Å². The number of rotatable bonds is 2. The third-order valence-corrected chi connectivity index (χ3v) is 2.57. The molecule has 0 aliphatic carbocycles. The van der Waals surface area contributed by atoms with E-state index in [1.165, 1.54) is 0 Å². The van der Waals surface area contributed by atoms with Crippen molar-refractivity contribution in [3.63, 3.8) is 0 Å². The van der Waals surface area contributed by atoms with Gasteiger partial charge in [-0.1, -0.05) is 13.3 Å². The summed E-state index contributed by atoms with van der Waals surface area (Å²) in [5, 5.41) is 2.89. The lowest BCUT2D eigenvalue weighted by Crippen LogP contribution is -2.40. The summed E-state index contributed by atoms with van der Waals surface area (Å²) in [6, 6.07) is 0.0445. The van der Waals surface area contributed by atoms with Crippen molar-refractivity contribution in [3.8, 4) is 0 Å². The summed E-state index contributed by atoms with van der Waals surface area (Å²) in [6.07, 6.45) is 4.06. The Morgan fingerprint density at radius 2 is 2.42 bits per heavy atom. The van der Waals surface area contributed by atoms with Crippen LogP contribution in [-0.2, 0) is 4.79 Å². The molecule has 1 aliphatic rings.